The Morgan fingerprint density at radius 3 is 2.57 bits per heavy atom. The predicted octanol–water partition coefficient (Wildman–Crippen LogP) is 1.68. The normalized spacial score (nSPS) is 11.4. The van der Waals surface area contributed by atoms with E-state index in [0.717, 1.165) is 6.07 Å². The molecule has 0 unspecified atom stereocenters. The second-order valence-electron chi connectivity index (χ2n) is 5.03. The Hall–Kier alpha value is -2.77. The minimum atomic E-state index is -1.15. The highest BCUT2D eigenvalue weighted by atomic mass is 19.1. The molecular weight excluding hydrogens is 279 g/mol. The van der Waals surface area contributed by atoms with Gasteiger partial charge in [0.05, 0.1) is 28.5 Å². The van der Waals surface area contributed by atoms with Crippen molar-refractivity contribution in [3.8, 4) is 5.69 Å². The molecule has 0 saturated carbocycles. The average molecular weight is 292 g/mol. The maximum absolute atomic E-state index is 14.2. The van der Waals surface area contributed by atoms with Crippen LogP contribution in [-0.4, -0.2) is 20.6 Å². The van der Waals surface area contributed by atoms with E-state index in [9.17, 15) is 19.3 Å². The molecule has 1 heterocycles. The van der Waals surface area contributed by atoms with Crippen LogP contribution in [0.5, 0.6) is 0 Å². The van der Waals surface area contributed by atoms with Gasteiger partial charge in [0.15, 0.2) is 0 Å². The van der Waals surface area contributed by atoms with E-state index in [1.165, 1.54) is 42.9 Å². The number of nitrogens with zero attached hydrogens (tertiary/aromatic N) is 3. The van der Waals surface area contributed by atoms with Crippen LogP contribution in [0.15, 0.2) is 30.5 Å². The number of carbonyl (C=O) groups excluding carboxylic acids is 1. The summed E-state index contributed by atoms with van der Waals surface area (Å²) in [5, 5.41) is 14.3. The van der Waals surface area contributed by atoms with Crippen molar-refractivity contribution in [3.63, 3.8) is 0 Å². The number of nitro groups is 1. The summed E-state index contributed by atoms with van der Waals surface area (Å²) in [6, 6.07) is 5.29. The van der Waals surface area contributed by atoms with Crippen LogP contribution in [0.25, 0.3) is 5.69 Å². The summed E-state index contributed by atoms with van der Waals surface area (Å²) in [5.41, 5.74) is 4.57. The number of halogens is 1. The maximum atomic E-state index is 14.2. The van der Waals surface area contributed by atoms with Gasteiger partial charge in [0, 0.05) is 11.6 Å². The highest BCUT2D eigenvalue weighted by molar-refractivity contribution is 5.85. The Labute approximate surface area is 119 Å². The third-order valence-corrected chi connectivity index (χ3v) is 3.27. The summed E-state index contributed by atoms with van der Waals surface area (Å²) in [7, 11) is 0. The quantitative estimate of drug-likeness (QED) is 0.683. The van der Waals surface area contributed by atoms with E-state index in [4.69, 9.17) is 5.73 Å². The molecule has 0 radical (unpaired) electrons. The molecule has 2 N–H and O–H groups in total. The van der Waals surface area contributed by atoms with Gasteiger partial charge in [-0.05, 0) is 24.8 Å². The smallest absolute Gasteiger partial charge is 0.369 e. The van der Waals surface area contributed by atoms with Gasteiger partial charge in [-0.3, -0.25) is 4.79 Å². The topological polar surface area (TPSA) is 104 Å². The second-order valence-corrected chi connectivity index (χ2v) is 5.03. The van der Waals surface area contributed by atoms with Crippen molar-refractivity contribution < 1.29 is 14.1 Å². The molecule has 0 aliphatic carbocycles. The third-order valence-electron chi connectivity index (χ3n) is 3.27. The van der Waals surface area contributed by atoms with Crippen LogP contribution >= 0.6 is 0 Å². The molecular formula is C13H13FN4O3. The summed E-state index contributed by atoms with van der Waals surface area (Å²) in [4.78, 5) is 21.3. The molecule has 0 aliphatic rings. The predicted molar refractivity (Wildman–Crippen MR) is 72.4 cm³/mol. The van der Waals surface area contributed by atoms with Crippen LogP contribution in [0.2, 0.25) is 0 Å². The molecule has 8 heteroatoms. The summed E-state index contributed by atoms with van der Waals surface area (Å²) >= 11 is 0. The minimum absolute atomic E-state index is 0.153. The third kappa shape index (κ3) is 2.60. The molecule has 110 valence electrons. The number of hydrogen-bond acceptors (Lipinski definition) is 4. The lowest BCUT2D eigenvalue weighted by Crippen LogP contribution is -2.36. The lowest BCUT2D eigenvalue weighted by molar-refractivity contribution is -0.389. The number of aromatic nitrogens is 2. The number of nitrogens with two attached hydrogens (primary N) is 1. The highest BCUT2D eigenvalue weighted by Crippen LogP contribution is 2.27. The van der Waals surface area contributed by atoms with Gasteiger partial charge in [-0.15, -0.1) is 4.68 Å². The van der Waals surface area contributed by atoms with Gasteiger partial charge in [-0.25, -0.2) is 4.39 Å². The highest BCUT2D eigenvalue weighted by Gasteiger charge is 2.30. The van der Waals surface area contributed by atoms with Crippen molar-refractivity contribution in [3.05, 3.63) is 52.0 Å². The van der Waals surface area contributed by atoms with Gasteiger partial charge in [0.1, 0.15) is 5.82 Å². The summed E-state index contributed by atoms with van der Waals surface area (Å²) in [6.45, 7) is 3.04. The molecule has 0 fully saturated rings. The SMILES string of the molecule is CC(C)(C(N)=O)c1ccc(-n2ccc([N+](=O)[O-])n2)cc1F. The van der Waals surface area contributed by atoms with Crippen LogP contribution in [0.3, 0.4) is 0 Å². The van der Waals surface area contributed by atoms with E-state index in [1.807, 2.05) is 0 Å². The lowest BCUT2D eigenvalue weighted by Gasteiger charge is -2.21. The molecule has 21 heavy (non-hydrogen) atoms. The molecule has 0 aliphatic heterocycles. The molecule has 2 aromatic rings. The Kier molecular flexibility index (Phi) is 3.46. The second kappa shape index (κ2) is 4.97. The number of amides is 1. The average Bonchev–Trinajstić information content (AvgIpc) is 2.87. The fourth-order valence-electron chi connectivity index (χ4n) is 1.84. The van der Waals surface area contributed by atoms with Crippen LogP contribution < -0.4 is 5.73 Å². The molecule has 1 amide bonds. The van der Waals surface area contributed by atoms with Gasteiger partial charge in [0.25, 0.3) is 0 Å². The van der Waals surface area contributed by atoms with Crippen LogP contribution in [0, 0.1) is 15.9 Å². The molecule has 1 aromatic carbocycles. The number of carbonyl (C=O) groups is 1. The van der Waals surface area contributed by atoms with Crippen molar-refractivity contribution in [2.24, 2.45) is 5.73 Å². The van der Waals surface area contributed by atoms with Crippen molar-refractivity contribution in [2.45, 2.75) is 19.3 Å². The largest absolute Gasteiger partial charge is 0.390 e. The fourth-order valence-corrected chi connectivity index (χ4v) is 1.84. The zero-order valence-electron chi connectivity index (χ0n) is 11.4. The van der Waals surface area contributed by atoms with Crippen molar-refractivity contribution in [1.29, 1.82) is 0 Å². The van der Waals surface area contributed by atoms with Crippen molar-refractivity contribution >= 4 is 11.7 Å². The lowest BCUT2D eigenvalue weighted by atomic mass is 9.83. The molecule has 0 spiro atoms. The molecule has 0 atom stereocenters. The first-order valence-electron chi connectivity index (χ1n) is 6.04. The van der Waals surface area contributed by atoms with Crippen molar-refractivity contribution in [2.75, 3.05) is 0 Å². The summed E-state index contributed by atoms with van der Waals surface area (Å²) < 4.78 is 15.4. The van der Waals surface area contributed by atoms with Gasteiger partial charge in [0.2, 0.25) is 5.91 Å². The number of rotatable bonds is 4. The van der Waals surface area contributed by atoms with Crippen LogP contribution in [0.1, 0.15) is 19.4 Å². The minimum Gasteiger partial charge on any atom is -0.369 e. The monoisotopic (exact) mass is 292 g/mol. The standard InChI is InChI=1S/C13H13FN4O3/c1-13(2,12(15)19)9-4-3-8(7-10(9)14)17-6-5-11(16-17)18(20)21/h3-7H,1-2H3,(H2,15,19). The molecule has 1 aromatic heterocycles. The zero-order chi connectivity index (χ0) is 15.8. The first kappa shape index (κ1) is 14.6. The van der Waals surface area contributed by atoms with E-state index in [-0.39, 0.29) is 11.4 Å². The Balaban J connectivity index is 2.43. The summed E-state index contributed by atoms with van der Waals surface area (Å²) in [6.07, 6.45) is 1.35. The zero-order valence-corrected chi connectivity index (χ0v) is 11.4. The Morgan fingerprint density at radius 2 is 2.10 bits per heavy atom. The van der Waals surface area contributed by atoms with E-state index in [1.54, 1.807) is 0 Å². The van der Waals surface area contributed by atoms with E-state index < -0.39 is 22.1 Å². The van der Waals surface area contributed by atoms with Gasteiger partial charge >= 0.3 is 5.82 Å². The Morgan fingerprint density at radius 1 is 1.43 bits per heavy atom. The van der Waals surface area contributed by atoms with Gasteiger partial charge in [-0.2, -0.15) is 0 Å². The van der Waals surface area contributed by atoms with Gasteiger partial charge in [-0.1, -0.05) is 6.07 Å². The number of primary amides is 1. The van der Waals surface area contributed by atoms with E-state index >= 15 is 0 Å². The number of benzene rings is 1. The van der Waals surface area contributed by atoms with Crippen molar-refractivity contribution in [1.82, 2.24) is 9.78 Å². The van der Waals surface area contributed by atoms with E-state index in [0.29, 0.717) is 5.69 Å². The number of hydrogen-bond donors (Lipinski definition) is 1. The molecule has 0 saturated heterocycles. The Bertz CT molecular complexity index is 724. The molecule has 0 bridgehead atoms. The summed E-state index contributed by atoms with van der Waals surface area (Å²) in [5.74, 6) is -1.62. The van der Waals surface area contributed by atoms with Crippen LogP contribution in [0.4, 0.5) is 10.2 Å². The molecule has 7 nitrogen and oxygen atoms in total. The maximum Gasteiger partial charge on any atom is 0.390 e. The first-order chi connectivity index (χ1) is 9.73. The van der Waals surface area contributed by atoms with E-state index in [2.05, 4.69) is 5.10 Å². The molecule has 2 rings (SSSR count). The first-order valence-corrected chi connectivity index (χ1v) is 6.04. The fraction of sp³-hybridized carbons (Fsp3) is 0.231. The van der Waals surface area contributed by atoms with Gasteiger partial charge < -0.3 is 15.8 Å². The van der Waals surface area contributed by atoms with Crippen LogP contribution in [-0.2, 0) is 10.2 Å².